The van der Waals surface area contributed by atoms with E-state index in [2.05, 4.69) is 22.6 Å². The average molecular weight is 319 g/mol. The summed E-state index contributed by atoms with van der Waals surface area (Å²) >= 11 is 8.03. The Balaban J connectivity index is 2.48. The molecule has 0 amide bonds. The Bertz CT molecular complexity index is 422. The summed E-state index contributed by atoms with van der Waals surface area (Å²) < 4.78 is 6.58. The van der Waals surface area contributed by atoms with Crippen LogP contribution in [0.3, 0.4) is 0 Å². The van der Waals surface area contributed by atoms with Gasteiger partial charge in [0.1, 0.15) is 5.76 Å². The highest BCUT2D eigenvalue weighted by Crippen LogP contribution is 2.30. The van der Waals surface area contributed by atoms with Crippen molar-refractivity contribution in [3.05, 3.63) is 45.7 Å². The van der Waals surface area contributed by atoms with Gasteiger partial charge in [0.2, 0.25) is 0 Å². The highest BCUT2D eigenvalue weighted by Gasteiger charge is 2.11. The summed E-state index contributed by atoms with van der Waals surface area (Å²) in [5.74, 6) is 1.40. The van der Waals surface area contributed by atoms with Crippen molar-refractivity contribution in [2.24, 2.45) is 0 Å². The van der Waals surface area contributed by atoms with Gasteiger partial charge >= 0.3 is 0 Å². The van der Waals surface area contributed by atoms with E-state index in [9.17, 15) is 0 Å². The van der Waals surface area contributed by atoms with Gasteiger partial charge < -0.3 is 4.42 Å². The molecule has 0 saturated heterocycles. The third-order valence-corrected chi connectivity index (χ3v) is 3.45. The minimum Gasteiger partial charge on any atom is -0.463 e. The molecule has 1 aromatic carbocycles. The van der Waals surface area contributed by atoms with Crippen molar-refractivity contribution in [3.8, 4) is 11.3 Å². The Kier molecular flexibility index (Phi) is 3.13. The summed E-state index contributed by atoms with van der Waals surface area (Å²) in [6, 6.07) is 10.0. The second kappa shape index (κ2) is 4.36. The van der Waals surface area contributed by atoms with Crippen molar-refractivity contribution in [1.82, 2.24) is 0 Å². The van der Waals surface area contributed by atoms with E-state index in [4.69, 9.17) is 16.0 Å². The lowest BCUT2D eigenvalue weighted by molar-refractivity contribution is 0.579. The van der Waals surface area contributed by atoms with Crippen LogP contribution in [0.5, 0.6) is 0 Å². The van der Waals surface area contributed by atoms with Gasteiger partial charge in [0.15, 0.2) is 0 Å². The van der Waals surface area contributed by atoms with Crippen molar-refractivity contribution in [2.75, 3.05) is 0 Å². The number of rotatable bonds is 2. The Morgan fingerprint density at radius 3 is 2.50 bits per heavy atom. The zero-order valence-corrected chi connectivity index (χ0v) is 10.2. The fourth-order valence-electron chi connectivity index (χ4n) is 1.25. The van der Waals surface area contributed by atoms with E-state index in [1.54, 1.807) is 6.26 Å². The van der Waals surface area contributed by atoms with Crippen LogP contribution in [0, 0.1) is 3.57 Å². The molecule has 0 bridgehead atoms. The first-order valence-electron chi connectivity index (χ1n) is 4.20. The lowest BCUT2D eigenvalue weighted by atomic mass is 10.1. The topological polar surface area (TPSA) is 13.1 Å². The maximum absolute atomic E-state index is 5.77. The third kappa shape index (κ3) is 1.81. The molecule has 2 aromatic rings. The van der Waals surface area contributed by atoms with Crippen LogP contribution in [0.4, 0.5) is 0 Å². The monoisotopic (exact) mass is 318 g/mol. The largest absolute Gasteiger partial charge is 0.463 e. The SMILES string of the molecule is ClCc1coc(-c2ccccc2)c1I. The van der Waals surface area contributed by atoms with Crippen molar-refractivity contribution in [3.63, 3.8) is 0 Å². The molecule has 0 aliphatic carbocycles. The van der Waals surface area contributed by atoms with E-state index in [1.807, 2.05) is 30.3 Å². The molecule has 72 valence electrons. The molecule has 1 nitrogen and oxygen atoms in total. The number of alkyl halides is 1. The number of benzene rings is 1. The summed E-state index contributed by atoms with van der Waals surface area (Å²) in [7, 11) is 0. The summed E-state index contributed by atoms with van der Waals surface area (Å²) in [4.78, 5) is 0. The van der Waals surface area contributed by atoms with Crippen molar-refractivity contribution in [2.45, 2.75) is 5.88 Å². The zero-order valence-electron chi connectivity index (χ0n) is 7.34. The molecule has 3 heteroatoms. The van der Waals surface area contributed by atoms with E-state index < -0.39 is 0 Å². The van der Waals surface area contributed by atoms with Crippen LogP contribution in [0.25, 0.3) is 11.3 Å². The predicted molar refractivity (Wildman–Crippen MR) is 66.4 cm³/mol. The molecule has 0 aliphatic heterocycles. The zero-order chi connectivity index (χ0) is 9.97. The predicted octanol–water partition coefficient (Wildman–Crippen LogP) is 4.29. The fourth-order valence-corrected chi connectivity index (χ4v) is 2.43. The Morgan fingerprint density at radius 1 is 1.21 bits per heavy atom. The Hall–Kier alpha value is -0.480. The summed E-state index contributed by atoms with van der Waals surface area (Å²) in [5, 5.41) is 0. The van der Waals surface area contributed by atoms with Crippen molar-refractivity contribution >= 4 is 34.2 Å². The molecule has 2 rings (SSSR count). The lowest BCUT2D eigenvalue weighted by Crippen LogP contribution is -1.79. The summed E-state index contributed by atoms with van der Waals surface area (Å²) in [6.07, 6.45) is 1.72. The highest BCUT2D eigenvalue weighted by atomic mass is 127. The highest BCUT2D eigenvalue weighted by molar-refractivity contribution is 14.1. The summed E-state index contributed by atoms with van der Waals surface area (Å²) in [6.45, 7) is 0. The molecule has 0 atom stereocenters. The van der Waals surface area contributed by atoms with Crippen LogP contribution < -0.4 is 0 Å². The minimum atomic E-state index is 0.495. The first-order valence-corrected chi connectivity index (χ1v) is 5.81. The number of hydrogen-bond acceptors (Lipinski definition) is 1. The van der Waals surface area contributed by atoms with Crippen LogP contribution in [-0.2, 0) is 5.88 Å². The van der Waals surface area contributed by atoms with Gasteiger partial charge in [0.25, 0.3) is 0 Å². The van der Waals surface area contributed by atoms with E-state index in [0.717, 1.165) is 20.5 Å². The van der Waals surface area contributed by atoms with Crippen molar-refractivity contribution in [1.29, 1.82) is 0 Å². The standard InChI is InChI=1S/C11H8ClIO/c12-6-9-7-14-11(10(9)13)8-4-2-1-3-5-8/h1-5,7H,6H2. The van der Waals surface area contributed by atoms with E-state index in [-0.39, 0.29) is 0 Å². The van der Waals surface area contributed by atoms with Gasteiger partial charge in [0, 0.05) is 11.1 Å². The number of halogens is 2. The Morgan fingerprint density at radius 2 is 1.93 bits per heavy atom. The minimum absolute atomic E-state index is 0.495. The molecule has 1 aromatic heterocycles. The molecule has 0 saturated carbocycles. The van der Waals surface area contributed by atoms with Gasteiger partial charge in [-0.25, -0.2) is 0 Å². The second-order valence-electron chi connectivity index (χ2n) is 2.90. The van der Waals surface area contributed by atoms with Gasteiger partial charge in [-0.05, 0) is 22.6 Å². The second-order valence-corrected chi connectivity index (χ2v) is 4.25. The normalized spacial score (nSPS) is 10.4. The van der Waals surface area contributed by atoms with Gasteiger partial charge in [0.05, 0.1) is 15.7 Å². The van der Waals surface area contributed by atoms with Crippen molar-refractivity contribution < 1.29 is 4.42 Å². The van der Waals surface area contributed by atoms with E-state index in [1.165, 1.54) is 0 Å². The van der Waals surface area contributed by atoms with Crippen LogP contribution in [-0.4, -0.2) is 0 Å². The quantitative estimate of drug-likeness (QED) is 0.595. The maximum Gasteiger partial charge on any atom is 0.147 e. The first kappa shape index (κ1) is 10.1. The maximum atomic E-state index is 5.77. The van der Waals surface area contributed by atoms with Gasteiger partial charge in [-0.15, -0.1) is 11.6 Å². The fraction of sp³-hybridized carbons (Fsp3) is 0.0909. The van der Waals surface area contributed by atoms with E-state index >= 15 is 0 Å². The third-order valence-electron chi connectivity index (χ3n) is 1.98. The van der Waals surface area contributed by atoms with Crippen LogP contribution in [0.1, 0.15) is 5.56 Å². The van der Waals surface area contributed by atoms with Crippen LogP contribution >= 0.6 is 34.2 Å². The molecule has 0 spiro atoms. The molecule has 0 N–H and O–H groups in total. The molecule has 0 unspecified atom stereocenters. The summed E-state index contributed by atoms with van der Waals surface area (Å²) in [5.41, 5.74) is 2.14. The molecule has 14 heavy (non-hydrogen) atoms. The van der Waals surface area contributed by atoms with E-state index in [0.29, 0.717) is 5.88 Å². The molecule has 0 fully saturated rings. The molecule has 0 radical (unpaired) electrons. The average Bonchev–Trinajstić information content (AvgIpc) is 2.61. The molecule has 1 heterocycles. The lowest BCUT2D eigenvalue weighted by Gasteiger charge is -1.96. The first-order chi connectivity index (χ1) is 6.83. The van der Waals surface area contributed by atoms with Gasteiger partial charge in [-0.1, -0.05) is 30.3 Å². The molecular formula is C11H8ClIO. The smallest absolute Gasteiger partial charge is 0.147 e. The van der Waals surface area contributed by atoms with Crippen LogP contribution in [0.15, 0.2) is 41.0 Å². The van der Waals surface area contributed by atoms with Crippen LogP contribution in [0.2, 0.25) is 0 Å². The van der Waals surface area contributed by atoms with Gasteiger partial charge in [-0.3, -0.25) is 0 Å². The number of hydrogen-bond donors (Lipinski definition) is 0. The molecule has 0 aliphatic rings. The van der Waals surface area contributed by atoms with Gasteiger partial charge in [-0.2, -0.15) is 0 Å². The Labute approximate surface area is 101 Å². The number of furan rings is 1. The molecular weight excluding hydrogens is 310 g/mol.